The summed E-state index contributed by atoms with van der Waals surface area (Å²) >= 11 is 1.84. The fraction of sp³-hybridized carbons (Fsp3) is 0.700. The molecule has 136 valence electrons. The highest BCUT2D eigenvalue weighted by atomic mass is 32.1. The van der Waals surface area contributed by atoms with Gasteiger partial charge in [-0.1, -0.05) is 13.8 Å². The van der Waals surface area contributed by atoms with Crippen LogP contribution in [0.15, 0.2) is 6.33 Å². The van der Waals surface area contributed by atoms with E-state index in [1.54, 1.807) is 6.33 Å². The van der Waals surface area contributed by atoms with Crippen LogP contribution >= 0.6 is 11.3 Å². The predicted octanol–water partition coefficient (Wildman–Crippen LogP) is 4.46. The van der Waals surface area contributed by atoms with Gasteiger partial charge in [-0.25, -0.2) is 9.97 Å². The Bertz CT molecular complexity index is 760. The van der Waals surface area contributed by atoms with Crippen LogP contribution in [0.1, 0.15) is 56.4 Å². The molecule has 2 aliphatic carbocycles. The van der Waals surface area contributed by atoms with Crippen LogP contribution in [0.5, 0.6) is 5.88 Å². The van der Waals surface area contributed by atoms with Crippen molar-refractivity contribution >= 4 is 21.6 Å². The normalized spacial score (nSPS) is 26.0. The van der Waals surface area contributed by atoms with Crippen LogP contribution in [0.3, 0.4) is 0 Å². The minimum absolute atomic E-state index is 0.293. The van der Waals surface area contributed by atoms with Crippen molar-refractivity contribution in [2.75, 3.05) is 14.1 Å². The molecule has 2 aliphatic rings. The highest BCUT2D eigenvalue weighted by Crippen LogP contribution is 2.44. The van der Waals surface area contributed by atoms with E-state index < -0.39 is 0 Å². The first-order valence-corrected chi connectivity index (χ1v) is 10.3. The van der Waals surface area contributed by atoms with Gasteiger partial charge in [-0.05, 0) is 70.0 Å². The summed E-state index contributed by atoms with van der Waals surface area (Å²) in [5, 5.41) is 1.20. The molecule has 1 saturated carbocycles. The van der Waals surface area contributed by atoms with Gasteiger partial charge in [0.15, 0.2) is 0 Å². The van der Waals surface area contributed by atoms with Gasteiger partial charge in [0.2, 0.25) is 5.88 Å². The summed E-state index contributed by atoms with van der Waals surface area (Å²) in [5.74, 6) is 0.827. The molecule has 4 nitrogen and oxygen atoms in total. The third-order valence-corrected chi connectivity index (χ3v) is 7.17. The van der Waals surface area contributed by atoms with Crippen molar-refractivity contribution in [1.29, 1.82) is 0 Å². The summed E-state index contributed by atoms with van der Waals surface area (Å²) in [6.07, 6.45) is 10.2. The van der Waals surface area contributed by atoms with Gasteiger partial charge < -0.3 is 9.64 Å². The number of thiophene rings is 1. The van der Waals surface area contributed by atoms with Gasteiger partial charge in [-0.3, -0.25) is 0 Å². The van der Waals surface area contributed by atoms with Gasteiger partial charge in [0.25, 0.3) is 0 Å². The number of ether oxygens (including phenoxy) is 1. The van der Waals surface area contributed by atoms with Gasteiger partial charge in [0, 0.05) is 10.9 Å². The van der Waals surface area contributed by atoms with Crippen molar-refractivity contribution in [2.24, 2.45) is 5.41 Å². The molecule has 0 spiro atoms. The molecule has 4 rings (SSSR count). The van der Waals surface area contributed by atoms with Crippen LogP contribution in [0.2, 0.25) is 0 Å². The van der Waals surface area contributed by atoms with Crippen molar-refractivity contribution in [2.45, 2.75) is 70.9 Å². The first-order valence-electron chi connectivity index (χ1n) is 9.51. The summed E-state index contributed by atoms with van der Waals surface area (Å²) in [6.45, 7) is 4.73. The van der Waals surface area contributed by atoms with Crippen molar-refractivity contribution in [3.63, 3.8) is 0 Å². The Balaban J connectivity index is 1.59. The monoisotopic (exact) mass is 359 g/mol. The number of aromatic nitrogens is 2. The molecule has 0 amide bonds. The zero-order valence-corrected chi connectivity index (χ0v) is 16.7. The van der Waals surface area contributed by atoms with Crippen LogP contribution in [-0.4, -0.2) is 41.1 Å². The van der Waals surface area contributed by atoms with Crippen molar-refractivity contribution in [3.05, 3.63) is 16.8 Å². The molecule has 2 heterocycles. The molecule has 0 N–H and O–H groups in total. The first-order chi connectivity index (χ1) is 11.9. The Morgan fingerprint density at radius 2 is 1.92 bits per heavy atom. The van der Waals surface area contributed by atoms with E-state index in [-0.39, 0.29) is 0 Å². The number of nitrogens with zero attached hydrogens (tertiary/aromatic N) is 3. The Morgan fingerprint density at radius 1 is 1.16 bits per heavy atom. The summed E-state index contributed by atoms with van der Waals surface area (Å²) in [7, 11) is 4.36. The molecular weight excluding hydrogens is 330 g/mol. The van der Waals surface area contributed by atoms with Gasteiger partial charge in [-0.2, -0.15) is 0 Å². The largest absolute Gasteiger partial charge is 0.474 e. The van der Waals surface area contributed by atoms with E-state index in [1.165, 1.54) is 35.1 Å². The van der Waals surface area contributed by atoms with Gasteiger partial charge in [0.05, 0.1) is 5.39 Å². The minimum Gasteiger partial charge on any atom is -0.474 e. The zero-order chi connectivity index (χ0) is 17.6. The molecule has 5 heteroatoms. The van der Waals surface area contributed by atoms with E-state index in [1.807, 2.05) is 11.3 Å². The minimum atomic E-state index is 0.293. The fourth-order valence-corrected chi connectivity index (χ4v) is 5.49. The second-order valence-corrected chi connectivity index (χ2v) is 9.80. The molecule has 0 bridgehead atoms. The highest BCUT2D eigenvalue weighted by Gasteiger charge is 2.31. The fourth-order valence-electron chi connectivity index (χ4n) is 4.34. The van der Waals surface area contributed by atoms with E-state index in [2.05, 4.69) is 42.8 Å². The average molecular weight is 360 g/mol. The maximum absolute atomic E-state index is 6.43. The number of aryl methyl sites for hydroxylation is 1. The van der Waals surface area contributed by atoms with Crippen LogP contribution in [0.25, 0.3) is 10.2 Å². The van der Waals surface area contributed by atoms with Gasteiger partial charge in [0.1, 0.15) is 17.3 Å². The van der Waals surface area contributed by atoms with Crippen molar-refractivity contribution < 1.29 is 4.74 Å². The molecule has 2 aromatic rings. The Morgan fingerprint density at radius 3 is 2.64 bits per heavy atom. The van der Waals surface area contributed by atoms with Crippen LogP contribution in [-0.2, 0) is 12.8 Å². The molecule has 0 aliphatic heterocycles. The lowest BCUT2D eigenvalue weighted by Crippen LogP contribution is -2.35. The zero-order valence-electron chi connectivity index (χ0n) is 15.8. The molecule has 1 fully saturated rings. The quantitative estimate of drug-likeness (QED) is 0.811. The second-order valence-electron chi connectivity index (χ2n) is 8.72. The van der Waals surface area contributed by atoms with Crippen LogP contribution in [0.4, 0.5) is 0 Å². The van der Waals surface area contributed by atoms with Crippen molar-refractivity contribution in [3.8, 4) is 5.88 Å². The number of rotatable bonds is 3. The first kappa shape index (κ1) is 17.2. The van der Waals surface area contributed by atoms with E-state index >= 15 is 0 Å². The predicted molar refractivity (Wildman–Crippen MR) is 104 cm³/mol. The summed E-state index contributed by atoms with van der Waals surface area (Å²) in [5.41, 5.74) is 1.81. The molecule has 25 heavy (non-hydrogen) atoms. The average Bonchev–Trinajstić information content (AvgIpc) is 2.93. The third kappa shape index (κ3) is 3.41. The smallest absolute Gasteiger partial charge is 0.225 e. The lowest BCUT2D eigenvalue weighted by atomic mass is 9.76. The molecule has 0 aromatic carbocycles. The Labute approximate surface area is 154 Å². The molecule has 0 atom stereocenters. The maximum Gasteiger partial charge on any atom is 0.225 e. The van der Waals surface area contributed by atoms with E-state index in [9.17, 15) is 0 Å². The SMILES string of the molecule is CN(C)[C@H]1CC[C@H](Oc2ncnc3sc4c(c23)CC(C)(C)CC4)CC1. The van der Waals surface area contributed by atoms with Crippen LogP contribution < -0.4 is 4.74 Å². The third-order valence-electron chi connectivity index (χ3n) is 5.97. The summed E-state index contributed by atoms with van der Waals surface area (Å²) in [4.78, 5) is 14.0. The van der Waals surface area contributed by atoms with E-state index in [0.29, 0.717) is 17.6 Å². The standard InChI is InChI=1S/C20H29N3OS/c1-20(2)10-9-16-15(11-20)17-18(21-12-22-19(17)25-16)24-14-7-5-13(6-8-14)23(3)4/h12-14H,5-11H2,1-4H3/t13-,14-. The second kappa shape index (κ2) is 6.51. The number of hydrogen-bond donors (Lipinski definition) is 0. The highest BCUT2D eigenvalue weighted by molar-refractivity contribution is 7.18. The van der Waals surface area contributed by atoms with Crippen LogP contribution in [0, 0.1) is 5.41 Å². The molecule has 0 radical (unpaired) electrons. The lowest BCUT2D eigenvalue weighted by Gasteiger charge is -2.33. The summed E-state index contributed by atoms with van der Waals surface area (Å²) < 4.78 is 6.43. The number of hydrogen-bond acceptors (Lipinski definition) is 5. The topological polar surface area (TPSA) is 38.2 Å². The Kier molecular flexibility index (Phi) is 4.49. The molecule has 0 unspecified atom stereocenters. The van der Waals surface area contributed by atoms with Gasteiger partial charge in [-0.15, -0.1) is 11.3 Å². The molecular formula is C20H29N3OS. The molecule has 0 saturated heterocycles. The van der Waals surface area contributed by atoms with Crippen molar-refractivity contribution in [1.82, 2.24) is 14.9 Å². The van der Waals surface area contributed by atoms with E-state index in [0.717, 1.165) is 36.4 Å². The maximum atomic E-state index is 6.43. The molecule has 2 aromatic heterocycles. The Hall–Kier alpha value is -1.20. The number of fused-ring (bicyclic) bond motifs is 3. The lowest BCUT2D eigenvalue weighted by molar-refractivity contribution is 0.108. The van der Waals surface area contributed by atoms with Gasteiger partial charge >= 0.3 is 0 Å². The van der Waals surface area contributed by atoms with E-state index in [4.69, 9.17) is 4.74 Å². The summed E-state index contributed by atoms with van der Waals surface area (Å²) in [6, 6.07) is 0.694.